The van der Waals surface area contributed by atoms with Gasteiger partial charge in [-0.05, 0) is 41.9 Å². The SMILES string of the molecule is CC(C)(C)[Si](C)(C)OCc1nc2cc3c(cc2c(=O)[nH]1)C(=O)C=C3. The lowest BCUT2D eigenvalue weighted by Crippen LogP contribution is -2.40. The summed E-state index contributed by atoms with van der Waals surface area (Å²) in [5.41, 5.74) is 1.71. The summed E-state index contributed by atoms with van der Waals surface area (Å²) in [6, 6.07) is 3.41. The summed E-state index contributed by atoms with van der Waals surface area (Å²) in [7, 11) is -1.92. The third-order valence-corrected chi connectivity index (χ3v) is 9.46. The number of hydrogen-bond acceptors (Lipinski definition) is 4. The maximum Gasteiger partial charge on any atom is 0.258 e. The number of aromatic amines is 1. The molecule has 3 rings (SSSR count). The first-order valence-electron chi connectivity index (χ1n) is 8.02. The van der Waals surface area contributed by atoms with Crippen molar-refractivity contribution in [1.29, 1.82) is 0 Å². The van der Waals surface area contributed by atoms with Crippen molar-refractivity contribution in [2.24, 2.45) is 0 Å². The molecule has 6 heteroatoms. The van der Waals surface area contributed by atoms with E-state index in [-0.39, 0.29) is 23.0 Å². The van der Waals surface area contributed by atoms with E-state index in [4.69, 9.17) is 4.43 Å². The number of nitrogens with one attached hydrogen (secondary N) is 1. The van der Waals surface area contributed by atoms with E-state index in [1.165, 1.54) is 6.08 Å². The van der Waals surface area contributed by atoms with Gasteiger partial charge in [0, 0.05) is 5.56 Å². The van der Waals surface area contributed by atoms with Crippen molar-refractivity contribution in [3.8, 4) is 0 Å². The Morgan fingerprint density at radius 3 is 2.54 bits per heavy atom. The van der Waals surface area contributed by atoms with Crippen LogP contribution in [-0.2, 0) is 11.0 Å². The van der Waals surface area contributed by atoms with Crippen LogP contribution in [0.25, 0.3) is 17.0 Å². The molecule has 1 heterocycles. The largest absolute Gasteiger partial charge is 0.409 e. The molecule has 1 aromatic carbocycles. The molecule has 24 heavy (non-hydrogen) atoms. The van der Waals surface area contributed by atoms with E-state index in [9.17, 15) is 9.59 Å². The molecule has 5 nitrogen and oxygen atoms in total. The Hall–Kier alpha value is -2.05. The summed E-state index contributed by atoms with van der Waals surface area (Å²) >= 11 is 0. The predicted molar refractivity (Wildman–Crippen MR) is 97.7 cm³/mol. The normalized spacial score (nSPS) is 14.5. The number of H-pyrrole nitrogens is 1. The highest BCUT2D eigenvalue weighted by molar-refractivity contribution is 6.74. The maximum atomic E-state index is 12.4. The molecule has 2 aromatic rings. The average Bonchev–Trinajstić information content (AvgIpc) is 2.83. The van der Waals surface area contributed by atoms with Crippen molar-refractivity contribution in [2.75, 3.05) is 0 Å². The summed E-state index contributed by atoms with van der Waals surface area (Å²) in [4.78, 5) is 31.4. The summed E-state index contributed by atoms with van der Waals surface area (Å²) < 4.78 is 6.13. The van der Waals surface area contributed by atoms with Crippen LogP contribution >= 0.6 is 0 Å². The number of carbonyl (C=O) groups is 1. The van der Waals surface area contributed by atoms with Gasteiger partial charge in [0.25, 0.3) is 5.56 Å². The average molecular weight is 342 g/mol. The first-order valence-corrected chi connectivity index (χ1v) is 10.9. The molecule has 0 saturated heterocycles. The first-order chi connectivity index (χ1) is 11.1. The molecule has 1 N–H and O–H groups in total. The number of ketones is 1. The number of benzene rings is 1. The minimum atomic E-state index is -1.92. The minimum Gasteiger partial charge on any atom is -0.409 e. The topological polar surface area (TPSA) is 72.0 Å². The minimum absolute atomic E-state index is 0.0726. The number of nitrogens with zero attached hydrogens (tertiary/aromatic N) is 1. The Morgan fingerprint density at radius 1 is 1.17 bits per heavy atom. The van der Waals surface area contributed by atoms with Gasteiger partial charge >= 0.3 is 0 Å². The summed E-state index contributed by atoms with van der Waals surface area (Å²) in [6.07, 6.45) is 3.27. The van der Waals surface area contributed by atoms with Crippen molar-refractivity contribution >= 4 is 31.1 Å². The van der Waals surface area contributed by atoms with Crippen LogP contribution in [0.1, 0.15) is 42.5 Å². The van der Waals surface area contributed by atoms with Crippen molar-refractivity contribution in [3.63, 3.8) is 0 Å². The Morgan fingerprint density at radius 2 is 1.88 bits per heavy atom. The Bertz CT molecular complexity index is 920. The third kappa shape index (κ3) is 2.87. The maximum absolute atomic E-state index is 12.4. The van der Waals surface area contributed by atoms with Gasteiger partial charge in [0.05, 0.1) is 17.5 Å². The van der Waals surface area contributed by atoms with Gasteiger partial charge in [0.15, 0.2) is 14.1 Å². The molecule has 0 radical (unpaired) electrons. The van der Waals surface area contributed by atoms with Crippen LogP contribution in [0.5, 0.6) is 0 Å². The number of hydrogen-bond donors (Lipinski definition) is 1. The summed E-state index contributed by atoms with van der Waals surface area (Å²) in [5, 5.41) is 0.526. The van der Waals surface area contributed by atoms with E-state index >= 15 is 0 Å². The molecule has 0 amide bonds. The highest BCUT2D eigenvalue weighted by Gasteiger charge is 2.37. The van der Waals surface area contributed by atoms with Crippen LogP contribution in [-0.4, -0.2) is 24.1 Å². The number of rotatable bonds is 3. The van der Waals surface area contributed by atoms with Crippen LogP contribution < -0.4 is 5.56 Å². The Kier molecular flexibility index (Phi) is 3.84. The fourth-order valence-electron chi connectivity index (χ4n) is 2.39. The van der Waals surface area contributed by atoms with Gasteiger partial charge in [-0.15, -0.1) is 0 Å². The molecule has 0 bridgehead atoms. The molecule has 1 aliphatic carbocycles. The molecule has 126 valence electrons. The summed E-state index contributed by atoms with van der Waals surface area (Å²) in [5.74, 6) is 0.446. The fourth-order valence-corrected chi connectivity index (χ4v) is 3.32. The zero-order valence-corrected chi connectivity index (χ0v) is 15.7. The van der Waals surface area contributed by atoms with Crippen molar-refractivity contribution in [1.82, 2.24) is 9.97 Å². The predicted octanol–water partition coefficient (Wildman–Crippen LogP) is 3.65. The molecule has 0 atom stereocenters. The van der Waals surface area contributed by atoms with Crippen molar-refractivity contribution < 1.29 is 9.22 Å². The lowest BCUT2D eigenvalue weighted by Gasteiger charge is -2.35. The molecule has 1 aromatic heterocycles. The second-order valence-electron chi connectivity index (χ2n) is 7.72. The van der Waals surface area contributed by atoms with Crippen LogP contribution in [0.4, 0.5) is 0 Å². The second-order valence-corrected chi connectivity index (χ2v) is 12.5. The monoisotopic (exact) mass is 342 g/mol. The van der Waals surface area contributed by atoms with Gasteiger partial charge in [-0.1, -0.05) is 26.8 Å². The number of aromatic nitrogens is 2. The number of fused-ring (bicyclic) bond motifs is 2. The highest BCUT2D eigenvalue weighted by atomic mass is 28.4. The van der Waals surface area contributed by atoms with E-state index in [2.05, 4.69) is 43.8 Å². The van der Waals surface area contributed by atoms with Crippen molar-refractivity contribution in [2.45, 2.75) is 45.5 Å². The van der Waals surface area contributed by atoms with Crippen LogP contribution in [0.15, 0.2) is 23.0 Å². The van der Waals surface area contributed by atoms with Crippen LogP contribution in [0.2, 0.25) is 18.1 Å². The second kappa shape index (κ2) is 5.49. The Labute approximate surface area is 141 Å². The van der Waals surface area contributed by atoms with Gasteiger partial charge in [-0.25, -0.2) is 4.98 Å². The molecule has 1 aliphatic rings. The van der Waals surface area contributed by atoms with Gasteiger partial charge in [0.2, 0.25) is 0 Å². The quantitative estimate of drug-likeness (QED) is 0.864. The van der Waals surface area contributed by atoms with Crippen LogP contribution in [0, 0.1) is 0 Å². The van der Waals surface area contributed by atoms with Gasteiger partial charge in [-0.2, -0.15) is 0 Å². The summed E-state index contributed by atoms with van der Waals surface area (Å²) in [6.45, 7) is 11.1. The highest BCUT2D eigenvalue weighted by Crippen LogP contribution is 2.36. The Balaban J connectivity index is 1.96. The molecule has 0 spiro atoms. The molecule has 0 unspecified atom stereocenters. The third-order valence-electron chi connectivity index (χ3n) is 4.98. The lowest BCUT2D eigenvalue weighted by molar-refractivity contribution is 0.105. The van der Waals surface area contributed by atoms with E-state index < -0.39 is 8.32 Å². The van der Waals surface area contributed by atoms with Gasteiger partial charge in [-0.3, -0.25) is 9.59 Å². The van der Waals surface area contributed by atoms with E-state index in [0.29, 0.717) is 22.3 Å². The van der Waals surface area contributed by atoms with Gasteiger partial charge < -0.3 is 9.41 Å². The van der Waals surface area contributed by atoms with E-state index in [0.717, 1.165) is 5.56 Å². The first kappa shape index (κ1) is 16.8. The lowest BCUT2D eigenvalue weighted by atomic mass is 10.1. The van der Waals surface area contributed by atoms with Crippen molar-refractivity contribution in [3.05, 3.63) is 45.5 Å². The molecule has 0 fully saturated rings. The number of allylic oxidation sites excluding steroid dienone is 1. The van der Waals surface area contributed by atoms with E-state index in [1.54, 1.807) is 18.2 Å². The van der Waals surface area contributed by atoms with Gasteiger partial charge in [0.1, 0.15) is 5.82 Å². The number of carbonyl (C=O) groups excluding carboxylic acids is 1. The standard InChI is InChI=1S/C18H22N2O3Si/c1-18(2,3)24(4,5)23-10-16-19-14-8-11-6-7-15(21)12(11)9-13(14)17(22)20-16/h6-9H,10H2,1-5H3,(H,19,20,22). The van der Waals surface area contributed by atoms with E-state index in [1.807, 2.05) is 0 Å². The van der Waals surface area contributed by atoms with Crippen LogP contribution in [0.3, 0.4) is 0 Å². The molecular weight excluding hydrogens is 320 g/mol. The fraction of sp³-hybridized carbons (Fsp3) is 0.389. The molecular formula is C18H22N2O3Si. The molecule has 0 aliphatic heterocycles. The molecule has 0 saturated carbocycles. The smallest absolute Gasteiger partial charge is 0.258 e. The zero-order valence-electron chi connectivity index (χ0n) is 14.7. The zero-order chi connectivity index (χ0) is 17.7.